The highest BCUT2D eigenvalue weighted by atomic mass is 79.9. The lowest BCUT2D eigenvalue weighted by Gasteiger charge is -2.11. The van der Waals surface area contributed by atoms with Crippen molar-refractivity contribution in [2.75, 3.05) is 13.7 Å². The monoisotopic (exact) mass is 499 g/mol. The summed E-state index contributed by atoms with van der Waals surface area (Å²) in [5.74, 6) is 1.99. The molecule has 0 fully saturated rings. The average Bonchev–Trinajstić information content (AvgIpc) is 3.42. The first kappa shape index (κ1) is 21.6. The lowest BCUT2D eigenvalue weighted by atomic mass is 10.1. The number of nitrogens with zero attached hydrogens (tertiary/aromatic N) is 1. The SMILES string of the molecule is COC(=O)C(Br)Cc1ccc(OCCc2nc(-c3ccccc3)oc2C)c2ccsc12. The number of oxazole rings is 1. The number of hydrogen-bond acceptors (Lipinski definition) is 6. The molecule has 1 atom stereocenters. The number of aryl methyl sites for hydroxylation is 1. The van der Waals surface area contributed by atoms with E-state index in [2.05, 4.69) is 27.0 Å². The minimum absolute atomic E-state index is 0.275. The number of methoxy groups -OCH3 is 1. The second kappa shape index (κ2) is 9.66. The zero-order valence-corrected chi connectivity index (χ0v) is 19.7. The van der Waals surface area contributed by atoms with Gasteiger partial charge in [0.15, 0.2) is 0 Å². The van der Waals surface area contributed by atoms with Gasteiger partial charge in [0.1, 0.15) is 16.3 Å². The summed E-state index contributed by atoms with van der Waals surface area (Å²) in [6, 6.07) is 15.9. The van der Waals surface area contributed by atoms with E-state index in [1.807, 2.05) is 54.8 Å². The third-order valence-corrected chi connectivity index (χ3v) is 6.71. The number of rotatable bonds is 8. The van der Waals surface area contributed by atoms with Crippen LogP contribution in [0.4, 0.5) is 0 Å². The Morgan fingerprint density at radius 3 is 2.77 bits per heavy atom. The van der Waals surface area contributed by atoms with Crippen LogP contribution in [0.5, 0.6) is 5.75 Å². The molecule has 0 amide bonds. The molecule has 2 aromatic carbocycles. The van der Waals surface area contributed by atoms with E-state index in [0.717, 1.165) is 38.4 Å². The molecule has 0 aliphatic carbocycles. The van der Waals surface area contributed by atoms with Crippen LogP contribution < -0.4 is 4.74 Å². The van der Waals surface area contributed by atoms with Gasteiger partial charge in [-0.05, 0) is 48.6 Å². The smallest absolute Gasteiger partial charge is 0.319 e. The number of aromatic nitrogens is 1. The molecule has 0 saturated heterocycles. The molecule has 0 aliphatic heterocycles. The second-order valence-electron chi connectivity index (χ2n) is 7.07. The van der Waals surface area contributed by atoms with Crippen LogP contribution in [-0.4, -0.2) is 29.5 Å². The largest absolute Gasteiger partial charge is 0.493 e. The Bertz CT molecular complexity index is 1180. The number of fused-ring (bicyclic) bond motifs is 1. The quantitative estimate of drug-likeness (QED) is 0.221. The molecule has 5 nitrogen and oxygen atoms in total. The van der Waals surface area contributed by atoms with E-state index in [9.17, 15) is 4.79 Å². The Balaban J connectivity index is 1.45. The van der Waals surface area contributed by atoms with Crippen molar-refractivity contribution in [2.45, 2.75) is 24.6 Å². The van der Waals surface area contributed by atoms with Gasteiger partial charge in [0.25, 0.3) is 0 Å². The van der Waals surface area contributed by atoms with Crippen LogP contribution in [0.25, 0.3) is 21.5 Å². The summed E-state index contributed by atoms with van der Waals surface area (Å²) in [5, 5.41) is 3.09. The van der Waals surface area contributed by atoms with Crippen molar-refractivity contribution in [3.63, 3.8) is 0 Å². The van der Waals surface area contributed by atoms with Crippen LogP contribution in [0.3, 0.4) is 0 Å². The second-order valence-corrected chi connectivity index (χ2v) is 9.09. The molecular weight excluding hydrogens is 478 g/mol. The standard InChI is InChI=1S/C24H22BrNO4S/c1-15-20(26-23(30-15)16-6-4-3-5-7-16)10-12-29-21-9-8-17(14-19(25)24(27)28-2)22-18(21)11-13-31-22/h3-9,11,13,19H,10,12,14H2,1-2H3. The van der Waals surface area contributed by atoms with Crippen LogP contribution in [-0.2, 0) is 22.4 Å². The van der Waals surface area contributed by atoms with Gasteiger partial charge in [-0.3, -0.25) is 4.79 Å². The van der Waals surface area contributed by atoms with Gasteiger partial charge >= 0.3 is 5.97 Å². The molecule has 0 N–H and O–H groups in total. The molecule has 0 spiro atoms. The van der Waals surface area contributed by atoms with E-state index in [1.165, 1.54) is 7.11 Å². The van der Waals surface area contributed by atoms with Gasteiger partial charge in [-0.25, -0.2) is 4.98 Å². The number of esters is 1. The number of alkyl halides is 1. The lowest BCUT2D eigenvalue weighted by Crippen LogP contribution is -2.18. The molecule has 0 aliphatic rings. The molecule has 4 rings (SSSR count). The third kappa shape index (κ3) is 4.83. The average molecular weight is 500 g/mol. The highest BCUT2D eigenvalue weighted by molar-refractivity contribution is 9.10. The Kier molecular flexibility index (Phi) is 6.73. The maximum absolute atomic E-state index is 11.7. The summed E-state index contributed by atoms with van der Waals surface area (Å²) in [5.41, 5.74) is 2.95. The topological polar surface area (TPSA) is 61.6 Å². The first-order valence-electron chi connectivity index (χ1n) is 9.92. The van der Waals surface area contributed by atoms with Crippen LogP contribution in [0.1, 0.15) is 17.0 Å². The van der Waals surface area contributed by atoms with E-state index < -0.39 is 0 Å². The number of hydrogen-bond donors (Lipinski definition) is 0. The van der Waals surface area contributed by atoms with E-state index in [1.54, 1.807) is 11.3 Å². The van der Waals surface area contributed by atoms with Gasteiger partial charge in [-0.15, -0.1) is 11.3 Å². The Labute approximate surface area is 193 Å². The highest BCUT2D eigenvalue weighted by Gasteiger charge is 2.19. The molecule has 160 valence electrons. The Morgan fingerprint density at radius 1 is 1.19 bits per heavy atom. The fourth-order valence-corrected chi connectivity index (χ4v) is 4.88. The normalized spacial score (nSPS) is 12.1. The van der Waals surface area contributed by atoms with Gasteiger partial charge in [-0.2, -0.15) is 0 Å². The van der Waals surface area contributed by atoms with Crippen molar-refractivity contribution in [1.29, 1.82) is 0 Å². The van der Waals surface area contributed by atoms with Gasteiger partial charge in [0.2, 0.25) is 5.89 Å². The maximum atomic E-state index is 11.7. The zero-order chi connectivity index (χ0) is 21.8. The minimum atomic E-state index is -0.372. The van der Waals surface area contributed by atoms with Crippen LogP contribution in [0.15, 0.2) is 58.3 Å². The summed E-state index contributed by atoms with van der Waals surface area (Å²) in [4.78, 5) is 16.0. The predicted octanol–water partition coefficient (Wildman–Crippen LogP) is 5.97. The van der Waals surface area contributed by atoms with Crippen molar-refractivity contribution in [2.24, 2.45) is 0 Å². The fourth-order valence-electron chi connectivity index (χ4n) is 3.41. The highest BCUT2D eigenvalue weighted by Crippen LogP contribution is 2.34. The maximum Gasteiger partial charge on any atom is 0.319 e. The molecule has 1 unspecified atom stereocenters. The molecule has 2 aromatic heterocycles. The number of carbonyl (C=O) groups is 1. The molecule has 0 radical (unpaired) electrons. The van der Waals surface area contributed by atoms with Crippen LogP contribution in [0.2, 0.25) is 0 Å². The minimum Gasteiger partial charge on any atom is -0.493 e. The third-order valence-electron chi connectivity index (χ3n) is 5.02. The van der Waals surface area contributed by atoms with Gasteiger partial charge in [0, 0.05) is 22.1 Å². The number of halogens is 1. The van der Waals surface area contributed by atoms with Crippen molar-refractivity contribution >= 4 is 43.3 Å². The molecular formula is C24H22BrNO4S. The first-order chi connectivity index (χ1) is 15.1. The summed E-state index contributed by atoms with van der Waals surface area (Å²) >= 11 is 5.05. The van der Waals surface area contributed by atoms with E-state index in [0.29, 0.717) is 25.3 Å². The molecule has 7 heteroatoms. The zero-order valence-electron chi connectivity index (χ0n) is 17.3. The van der Waals surface area contributed by atoms with Crippen molar-refractivity contribution in [1.82, 2.24) is 4.98 Å². The van der Waals surface area contributed by atoms with Gasteiger partial charge in [-0.1, -0.05) is 40.2 Å². The molecule has 31 heavy (non-hydrogen) atoms. The Morgan fingerprint density at radius 2 is 2.00 bits per heavy atom. The molecule has 2 heterocycles. The van der Waals surface area contributed by atoms with Gasteiger partial charge < -0.3 is 13.9 Å². The number of carbonyl (C=O) groups excluding carboxylic acids is 1. The van der Waals surface area contributed by atoms with E-state index in [4.69, 9.17) is 13.9 Å². The predicted molar refractivity (Wildman–Crippen MR) is 126 cm³/mol. The fraction of sp³-hybridized carbons (Fsp3) is 0.250. The van der Waals surface area contributed by atoms with Crippen molar-refractivity contribution in [3.8, 4) is 17.2 Å². The summed E-state index contributed by atoms with van der Waals surface area (Å²) in [7, 11) is 1.40. The molecule has 4 aromatic rings. The van der Waals surface area contributed by atoms with Crippen molar-refractivity contribution < 1.29 is 18.7 Å². The lowest BCUT2D eigenvalue weighted by molar-refractivity contribution is -0.139. The summed E-state index contributed by atoms with van der Waals surface area (Å²) < 4.78 is 17.9. The first-order valence-corrected chi connectivity index (χ1v) is 11.7. The number of benzene rings is 2. The van der Waals surface area contributed by atoms with Crippen LogP contribution in [0, 0.1) is 6.92 Å². The summed E-state index contributed by atoms with van der Waals surface area (Å²) in [6.45, 7) is 2.42. The number of ether oxygens (including phenoxy) is 2. The Hall–Kier alpha value is -2.64. The molecule has 0 saturated carbocycles. The van der Waals surface area contributed by atoms with Gasteiger partial charge in [0.05, 0.1) is 19.4 Å². The number of thiophene rings is 1. The van der Waals surface area contributed by atoms with Crippen LogP contribution >= 0.6 is 27.3 Å². The summed E-state index contributed by atoms with van der Waals surface area (Å²) in [6.07, 6.45) is 1.21. The van der Waals surface area contributed by atoms with E-state index >= 15 is 0 Å². The van der Waals surface area contributed by atoms with Crippen molar-refractivity contribution in [3.05, 3.63) is 70.9 Å². The molecule has 0 bridgehead atoms. The van der Waals surface area contributed by atoms with E-state index in [-0.39, 0.29) is 10.8 Å².